The fraction of sp³-hybridized carbons (Fsp3) is 0.143. The summed E-state index contributed by atoms with van der Waals surface area (Å²) >= 11 is 0. The molecule has 0 saturated carbocycles. The van der Waals surface area contributed by atoms with Crippen LogP contribution < -0.4 is 46.7 Å². The van der Waals surface area contributed by atoms with E-state index in [1.807, 2.05) is 0 Å². The molecule has 0 spiro atoms. The summed E-state index contributed by atoms with van der Waals surface area (Å²) < 4.78 is 30.6. The molecule has 0 radical (unpaired) electrons. The molecule has 0 bridgehead atoms. The molecule has 3 rings (SSSR count). The van der Waals surface area contributed by atoms with Gasteiger partial charge in [-0.3, -0.25) is 0 Å². The van der Waals surface area contributed by atoms with Gasteiger partial charge in [-0.1, -0.05) is 0 Å². The van der Waals surface area contributed by atoms with Crippen LogP contribution in [0.2, 0.25) is 0 Å². The monoisotopic (exact) mass is 458 g/mol. The third-order valence-electron chi connectivity index (χ3n) is 4.13. The van der Waals surface area contributed by atoms with Crippen molar-refractivity contribution in [2.24, 2.45) is 17.2 Å². The van der Waals surface area contributed by atoms with E-state index in [0.717, 1.165) is 17.1 Å². The minimum absolute atomic E-state index is 0.287. The Morgan fingerprint density at radius 1 is 0.531 bits per heavy atom. The van der Waals surface area contributed by atoms with Crippen molar-refractivity contribution in [1.29, 1.82) is 0 Å². The molecule has 0 aliphatic carbocycles. The van der Waals surface area contributed by atoms with Crippen LogP contribution in [0.15, 0.2) is 72.8 Å². The van der Waals surface area contributed by atoms with Gasteiger partial charge in [0.1, 0.15) is 17.2 Å². The molecule has 0 unspecified atom stereocenters. The molecule has 32 heavy (non-hydrogen) atoms. The second-order valence-electron chi connectivity index (χ2n) is 6.44. The molecule has 0 heterocycles. The Morgan fingerprint density at radius 3 is 1.00 bits per heavy atom. The van der Waals surface area contributed by atoms with Crippen LogP contribution in [0.5, 0.6) is 17.2 Å². The van der Waals surface area contributed by atoms with Crippen LogP contribution in [-0.2, 0) is 4.57 Å². The van der Waals surface area contributed by atoms with Crippen molar-refractivity contribution >= 4 is 24.9 Å². The molecular formula is C21H27N6O4P. The van der Waals surface area contributed by atoms with E-state index in [4.69, 9.17) is 30.8 Å². The largest absolute Gasteiger partial charge is 0.647 e. The SMILES string of the molecule is NCNc1ccc(OP(=O)(Oc2ccc(NCN)cc2)Oc2ccc(NCN)cc2)cc1. The predicted molar refractivity (Wildman–Crippen MR) is 127 cm³/mol. The van der Waals surface area contributed by atoms with E-state index in [1.54, 1.807) is 72.8 Å². The van der Waals surface area contributed by atoms with E-state index >= 15 is 0 Å². The molecule has 0 aliphatic heterocycles. The molecule has 0 aromatic heterocycles. The van der Waals surface area contributed by atoms with Gasteiger partial charge in [0.05, 0.1) is 20.0 Å². The number of hydrogen-bond acceptors (Lipinski definition) is 10. The second-order valence-corrected chi connectivity index (χ2v) is 7.88. The van der Waals surface area contributed by atoms with Crippen molar-refractivity contribution in [3.05, 3.63) is 72.8 Å². The molecule has 10 nitrogen and oxygen atoms in total. The lowest BCUT2D eigenvalue weighted by molar-refractivity contribution is 0.298. The van der Waals surface area contributed by atoms with E-state index in [9.17, 15) is 4.57 Å². The van der Waals surface area contributed by atoms with Gasteiger partial charge in [0, 0.05) is 17.1 Å². The summed E-state index contributed by atoms with van der Waals surface area (Å²) in [6.07, 6.45) is 0. The minimum atomic E-state index is -4.11. The van der Waals surface area contributed by atoms with E-state index < -0.39 is 7.82 Å². The number of phosphoric acid groups is 1. The maximum Gasteiger partial charge on any atom is 0.647 e. The van der Waals surface area contributed by atoms with Crippen molar-refractivity contribution in [3.8, 4) is 17.2 Å². The first-order chi connectivity index (χ1) is 15.5. The highest BCUT2D eigenvalue weighted by Gasteiger charge is 2.33. The van der Waals surface area contributed by atoms with Crippen LogP contribution in [-0.4, -0.2) is 20.0 Å². The lowest BCUT2D eigenvalue weighted by Crippen LogP contribution is -2.11. The third-order valence-corrected chi connectivity index (χ3v) is 5.44. The van der Waals surface area contributed by atoms with Gasteiger partial charge in [-0.2, -0.15) is 4.57 Å². The molecule has 9 N–H and O–H groups in total. The Kier molecular flexibility index (Phi) is 8.18. The van der Waals surface area contributed by atoms with Gasteiger partial charge >= 0.3 is 7.82 Å². The standard InChI is InChI=1S/C21H27N6O4P/c22-13-25-16-1-7-19(8-2-16)29-32(28,30-20-9-3-17(4-10-20)26-14-23)31-21-11-5-18(6-12-21)27-15-24/h1-12,25-27H,13-15,22-24H2. The molecule has 0 aliphatic rings. The van der Waals surface area contributed by atoms with Crippen molar-refractivity contribution in [2.75, 3.05) is 36.0 Å². The van der Waals surface area contributed by atoms with Gasteiger partial charge in [-0.05, 0) is 72.8 Å². The highest BCUT2D eigenvalue weighted by atomic mass is 31.2. The smallest absolute Gasteiger partial charge is 0.386 e. The van der Waals surface area contributed by atoms with Crippen molar-refractivity contribution in [1.82, 2.24) is 0 Å². The Bertz CT molecular complexity index is 884. The van der Waals surface area contributed by atoms with Crippen molar-refractivity contribution in [3.63, 3.8) is 0 Å². The minimum Gasteiger partial charge on any atom is -0.386 e. The van der Waals surface area contributed by atoms with Crippen molar-refractivity contribution < 1.29 is 18.1 Å². The third kappa shape index (κ3) is 6.79. The van der Waals surface area contributed by atoms with Gasteiger partial charge in [0.2, 0.25) is 0 Å². The lowest BCUT2D eigenvalue weighted by Gasteiger charge is -2.20. The van der Waals surface area contributed by atoms with Crippen LogP contribution in [0, 0.1) is 0 Å². The Labute approximate surface area is 186 Å². The molecule has 3 aromatic rings. The van der Waals surface area contributed by atoms with Gasteiger partial charge in [-0.15, -0.1) is 0 Å². The lowest BCUT2D eigenvalue weighted by atomic mass is 10.3. The quantitative estimate of drug-likeness (QED) is 0.176. The van der Waals surface area contributed by atoms with Crippen molar-refractivity contribution in [2.45, 2.75) is 0 Å². The second kappa shape index (κ2) is 11.3. The first kappa shape index (κ1) is 23.2. The molecule has 11 heteroatoms. The highest BCUT2D eigenvalue weighted by Crippen LogP contribution is 2.50. The van der Waals surface area contributed by atoms with Gasteiger partial charge in [0.25, 0.3) is 0 Å². The zero-order chi connectivity index (χ0) is 22.8. The zero-order valence-corrected chi connectivity index (χ0v) is 18.3. The fourth-order valence-corrected chi connectivity index (χ4v) is 3.95. The summed E-state index contributed by atoms with van der Waals surface area (Å²) in [7, 11) is -4.11. The first-order valence-electron chi connectivity index (χ1n) is 9.84. The van der Waals surface area contributed by atoms with Crippen LogP contribution in [0.25, 0.3) is 0 Å². The first-order valence-corrected chi connectivity index (χ1v) is 11.3. The van der Waals surface area contributed by atoms with Crippen LogP contribution in [0.4, 0.5) is 17.1 Å². The molecule has 0 amide bonds. The Morgan fingerprint density at radius 2 is 0.781 bits per heavy atom. The average Bonchev–Trinajstić information content (AvgIpc) is 2.78. The van der Waals surface area contributed by atoms with E-state index in [0.29, 0.717) is 17.2 Å². The number of nitrogens with one attached hydrogen (secondary N) is 3. The number of hydrogen-bond donors (Lipinski definition) is 6. The van der Waals surface area contributed by atoms with E-state index in [2.05, 4.69) is 16.0 Å². The summed E-state index contributed by atoms with van der Waals surface area (Å²) in [5.41, 5.74) is 18.8. The topological polar surface area (TPSA) is 159 Å². The van der Waals surface area contributed by atoms with Crippen LogP contribution in [0.3, 0.4) is 0 Å². The number of phosphoric ester groups is 1. The fourth-order valence-electron chi connectivity index (χ4n) is 2.70. The van der Waals surface area contributed by atoms with E-state index in [1.165, 1.54) is 0 Å². The zero-order valence-electron chi connectivity index (χ0n) is 17.4. The van der Waals surface area contributed by atoms with Gasteiger partial charge in [-0.25, -0.2) is 0 Å². The molecule has 170 valence electrons. The van der Waals surface area contributed by atoms with E-state index in [-0.39, 0.29) is 20.0 Å². The summed E-state index contributed by atoms with van der Waals surface area (Å²) in [6, 6.07) is 20.3. The summed E-state index contributed by atoms with van der Waals surface area (Å²) in [4.78, 5) is 0. The molecule has 3 aromatic carbocycles. The summed E-state index contributed by atoms with van der Waals surface area (Å²) in [5, 5.41) is 8.91. The molecule has 0 atom stereocenters. The highest BCUT2D eigenvalue weighted by molar-refractivity contribution is 7.49. The molecular weight excluding hydrogens is 431 g/mol. The maximum atomic E-state index is 13.6. The summed E-state index contributed by atoms with van der Waals surface area (Å²) in [5.74, 6) is 0.913. The maximum absolute atomic E-state index is 13.6. The van der Waals surface area contributed by atoms with Crippen LogP contribution in [0.1, 0.15) is 0 Å². The number of nitrogens with two attached hydrogens (primary N) is 3. The Hall–Kier alpha value is -3.43. The van der Waals surface area contributed by atoms with Crippen LogP contribution >= 0.6 is 7.82 Å². The number of rotatable bonds is 12. The van der Waals surface area contributed by atoms with Gasteiger partial charge < -0.3 is 46.7 Å². The number of anilines is 3. The predicted octanol–water partition coefficient (Wildman–Crippen LogP) is 3.32. The molecule has 0 saturated heterocycles. The molecule has 0 fully saturated rings. The number of benzene rings is 3. The Balaban J connectivity index is 1.82. The van der Waals surface area contributed by atoms with Gasteiger partial charge in [0.15, 0.2) is 0 Å². The average molecular weight is 458 g/mol. The normalized spacial score (nSPS) is 10.8. The summed E-state index contributed by atoms with van der Waals surface area (Å²) in [6.45, 7) is 0.860.